The predicted molar refractivity (Wildman–Crippen MR) is 91.4 cm³/mol. The van der Waals surface area contributed by atoms with Crippen LogP contribution in [0.1, 0.15) is 27.8 Å². The van der Waals surface area contributed by atoms with Crippen LogP contribution in [0.4, 0.5) is 0 Å². The molecular weight excluding hydrogens is 342 g/mol. The molecule has 0 aliphatic heterocycles. The van der Waals surface area contributed by atoms with Gasteiger partial charge in [-0.2, -0.15) is 0 Å². The predicted octanol–water partition coefficient (Wildman–Crippen LogP) is 2.79. The number of carbonyl (C=O) groups is 2. The van der Waals surface area contributed by atoms with E-state index in [1.807, 2.05) is 30.3 Å². The molecule has 1 aromatic carbocycles. The lowest BCUT2D eigenvalue weighted by Crippen LogP contribution is -2.27. The molecule has 1 atom stereocenters. The van der Waals surface area contributed by atoms with Crippen LogP contribution in [0.5, 0.6) is 0 Å². The lowest BCUT2D eigenvalue weighted by atomic mass is 10.1. The number of carboxylic acid groups (broad SMARTS) is 1. The van der Waals surface area contributed by atoms with Crippen molar-refractivity contribution < 1.29 is 19.2 Å². The van der Waals surface area contributed by atoms with E-state index < -0.39 is 17.8 Å². The van der Waals surface area contributed by atoms with Crippen molar-refractivity contribution in [3.63, 3.8) is 0 Å². The number of thiazole rings is 1. The normalized spacial score (nSPS) is 11.8. The molecule has 0 saturated heterocycles. The number of rotatable bonds is 7. The Morgan fingerprint density at radius 3 is 2.76 bits per heavy atom. The van der Waals surface area contributed by atoms with Crippen LogP contribution in [-0.2, 0) is 4.79 Å². The number of nitrogens with zero attached hydrogens (tertiary/aromatic N) is 2. The maximum atomic E-state index is 12.1. The number of hydrogen-bond donors (Lipinski definition) is 2. The summed E-state index contributed by atoms with van der Waals surface area (Å²) in [6.45, 7) is 0.197. The first-order chi connectivity index (χ1) is 12.1. The molecule has 0 unspecified atom stereocenters. The SMILES string of the molecule is O=C(NCC[C@@H](C(=O)O)c1nccs1)c1cc(-c2ccccc2)on1. The van der Waals surface area contributed by atoms with Crippen LogP contribution in [0.3, 0.4) is 0 Å². The first kappa shape index (κ1) is 16.8. The number of carboxylic acids is 1. The van der Waals surface area contributed by atoms with Gasteiger partial charge in [-0.25, -0.2) is 4.98 Å². The number of benzene rings is 1. The molecule has 1 amide bonds. The Morgan fingerprint density at radius 1 is 1.28 bits per heavy atom. The highest BCUT2D eigenvalue weighted by Gasteiger charge is 2.22. The third-order valence-corrected chi connectivity index (χ3v) is 4.46. The van der Waals surface area contributed by atoms with Gasteiger partial charge in [-0.05, 0) is 6.42 Å². The summed E-state index contributed by atoms with van der Waals surface area (Å²) in [6.07, 6.45) is 1.81. The minimum atomic E-state index is -0.961. The van der Waals surface area contributed by atoms with Gasteiger partial charge < -0.3 is 14.9 Å². The largest absolute Gasteiger partial charge is 0.481 e. The summed E-state index contributed by atoms with van der Waals surface area (Å²) in [7, 11) is 0. The van der Waals surface area contributed by atoms with Crippen molar-refractivity contribution in [3.05, 3.63) is 58.7 Å². The van der Waals surface area contributed by atoms with E-state index in [0.717, 1.165) is 5.56 Å². The van der Waals surface area contributed by atoms with E-state index in [9.17, 15) is 14.7 Å². The molecule has 0 spiro atoms. The smallest absolute Gasteiger partial charge is 0.313 e. The van der Waals surface area contributed by atoms with Gasteiger partial charge >= 0.3 is 5.97 Å². The summed E-state index contributed by atoms with van der Waals surface area (Å²) >= 11 is 1.28. The molecule has 8 heteroatoms. The molecule has 0 saturated carbocycles. The molecule has 0 aliphatic carbocycles. The highest BCUT2D eigenvalue weighted by molar-refractivity contribution is 7.09. The summed E-state index contributed by atoms with van der Waals surface area (Å²) < 4.78 is 5.18. The van der Waals surface area contributed by atoms with Gasteiger partial charge in [-0.1, -0.05) is 35.5 Å². The summed E-state index contributed by atoms with van der Waals surface area (Å²) in [5, 5.41) is 18.0. The number of aliphatic carboxylic acids is 1. The Bertz CT molecular complexity index is 846. The molecule has 2 aromatic heterocycles. The Hall–Kier alpha value is -3.00. The van der Waals surface area contributed by atoms with Crippen LogP contribution in [0.25, 0.3) is 11.3 Å². The third-order valence-electron chi connectivity index (χ3n) is 3.57. The maximum Gasteiger partial charge on any atom is 0.313 e. The topological polar surface area (TPSA) is 105 Å². The molecule has 0 bridgehead atoms. The summed E-state index contributed by atoms with van der Waals surface area (Å²) in [5.74, 6) is -1.61. The van der Waals surface area contributed by atoms with E-state index in [1.165, 1.54) is 11.3 Å². The monoisotopic (exact) mass is 357 g/mol. The van der Waals surface area contributed by atoms with Crippen LogP contribution in [0, 0.1) is 0 Å². The zero-order valence-electron chi connectivity index (χ0n) is 13.1. The van der Waals surface area contributed by atoms with Crippen LogP contribution in [-0.4, -0.2) is 33.7 Å². The first-order valence-corrected chi connectivity index (χ1v) is 8.45. The number of carbonyl (C=O) groups excluding carboxylic acids is 1. The van der Waals surface area contributed by atoms with Crippen molar-refractivity contribution in [2.75, 3.05) is 6.54 Å². The third kappa shape index (κ3) is 4.10. The molecule has 2 N–H and O–H groups in total. The van der Waals surface area contributed by atoms with Gasteiger partial charge in [-0.3, -0.25) is 9.59 Å². The lowest BCUT2D eigenvalue weighted by Gasteiger charge is -2.09. The highest BCUT2D eigenvalue weighted by atomic mass is 32.1. The van der Waals surface area contributed by atoms with Crippen molar-refractivity contribution in [1.82, 2.24) is 15.5 Å². The molecule has 128 valence electrons. The van der Waals surface area contributed by atoms with Crippen LogP contribution in [0.2, 0.25) is 0 Å². The van der Waals surface area contributed by atoms with Gasteiger partial charge in [0.25, 0.3) is 5.91 Å². The zero-order valence-corrected chi connectivity index (χ0v) is 13.9. The van der Waals surface area contributed by atoms with Gasteiger partial charge in [0, 0.05) is 29.8 Å². The molecule has 0 radical (unpaired) electrons. The molecule has 7 nitrogen and oxygen atoms in total. The Balaban J connectivity index is 1.58. The fourth-order valence-corrected chi connectivity index (χ4v) is 3.07. The molecule has 25 heavy (non-hydrogen) atoms. The average Bonchev–Trinajstić information content (AvgIpc) is 3.30. The average molecular weight is 357 g/mol. The standard InChI is InChI=1S/C17H15N3O4S/c21-15(13-10-14(24-20-13)11-4-2-1-3-5-11)18-7-6-12(17(22)23)16-19-8-9-25-16/h1-5,8-10,12H,6-7H2,(H,18,21)(H,22,23)/t12-/m1/s1. The molecule has 0 fully saturated rings. The second-order valence-electron chi connectivity index (χ2n) is 5.25. The van der Waals surface area contributed by atoms with Crippen molar-refractivity contribution in [2.24, 2.45) is 0 Å². The van der Waals surface area contributed by atoms with E-state index in [4.69, 9.17) is 4.52 Å². The molecular formula is C17H15N3O4S. The van der Waals surface area contributed by atoms with Crippen LogP contribution >= 0.6 is 11.3 Å². The summed E-state index contributed by atoms with van der Waals surface area (Å²) in [6, 6.07) is 10.9. The second kappa shape index (κ2) is 7.71. The van der Waals surface area contributed by atoms with Gasteiger partial charge in [0.1, 0.15) is 10.9 Å². The Kier molecular flexibility index (Phi) is 5.20. The van der Waals surface area contributed by atoms with E-state index >= 15 is 0 Å². The zero-order chi connectivity index (χ0) is 17.6. The fourth-order valence-electron chi connectivity index (χ4n) is 2.30. The minimum Gasteiger partial charge on any atom is -0.481 e. The molecule has 3 rings (SSSR count). The molecule has 2 heterocycles. The first-order valence-electron chi connectivity index (χ1n) is 7.57. The fraction of sp³-hybridized carbons (Fsp3) is 0.176. The van der Waals surface area contributed by atoms with E-state index in [0.29, 0.717) is 10.8 Å². The lowest BCUT2D eigenvalue weighted by molar-refractivity contribution is -0.138. The number of amides is 1. The van der Waals surface area contributed by atoms with Crippen molar-refractivity contribution in [2.45, 2.75) is 12.3 Å². The van der Waals surface area contributed by atoms with E-state index in [2.05, 4.69) is 15.5 Å². The quantitative estimate of drug-likeness (QED) is 0.673. The maximum absolute atomic E-state index is 12.1. The van der Waals surface area contributed by atoms with Crippen molar-refractivity contribution in [3.8, 4) is 11.3 Å². The van der Waals surface area contributed by atoms with Gasteiger partial charge in [0.15, 0.2) is 11.5 Å². The molecule has 0 aliphatic rings. The highest BCUT2D eigenvalue weighted by Crippen LogP contribution is 2.22. The van der Waals surface area contributed by atoms with Crippen LogP contribution in [0.15, 0.2) is 52.5 Å². The van der Waals surface area contributed by atoms with Gasteiger partial charge in [-0.15, -0.1) is 11.3 Å². The van der Waals surface area contributed by atoms with Crippen molar-refractivity contribution in [1.29, 1.82) is 0 Å². The number of aromatic nitrogens is 2. The Labute approximate surface area is 147 Å². The van der Waals surface area contributed by atoms with Crippen molar-refractivity contribution >= 4 is 23.2 Å². The minimum absolute atomic E-state index is 0.153. The summed E-state index contributed by atoms with van der Waals surface area (Å²) in [5.41, 5.74) is 0.976. The second-order valence-corrected chi connectivity index (χ2v) is 6.17. The van der Waals surface area contributed by atoms with E-state index in [-0.39, 0.29) is 18.7 Å². The van der Waals surface area contributed by atoms with Crippen LogP contribution < -0.4 is 5.32 Å². The number of hydrogen-bond acceptors (Lipinski definition) is 6. The molecule has 3 aromatic rings. The Morgan fingerprint density at radius 2 is 2.08 bits per heavy atom. The van der Waals surface area contributed by atoms with Gasteiger partial charge in [0.2, 0.25) is 0 Å². The van der Waals surface area contributed by atoms with Gasteiger partial charge in [0.05, 0.1) is 0 Å². The summed E-state index contributed by atoms with van der Waals surface area (Å²) in [4.78, 5) is 27.5. The number of nitrogens with one attached hydrogen (secondary N) is 1. The van der Waals surface area contributed by atoms with E-state index in [1.54, 1.807) is 17.6 Å².